The number of rotatable bonds is 3. The van der Waals surface area contributed by atoms with Crippen LogP contribution in [0.4, 0.5) is 10.1 Å². The number of benzene rings is 2. The lowest BCUT2D eigenvalue weighted by Gasteiger charge is -2.24. The van der Waals surface area contributed by atoms with Gasteiger partial charge in [0.2, 0.25) is 0 Å². The average Bonchev–Trinajstić information content (AvgIpc) is 2.68. The number of Topliss-reactive ketones (excluding diaryl/α,β-unsaturated/α-hetero) is 1. The highest BCUT2D eigenvalue weighted by Gasteiger charge is 2.28. The molecular formula is C22H17FN2O3. The standard InChI is InChI=1S/C22H17FN2O3/c23-15-7-4-8-16(11-15)24-21(27)18-12-17-19(25-22(18)28)9-14(10-20(17)26)13-5-2-1-3-6-13/h1-8,11-12,14H,9-10H2,(H,24,27)(H,25,28)/t14-/m1/s1. The van der Waals surface area contributed by atoms with Gasteiger partial charge in [-0.3, -0.25) is 14.4 Å². The third-order valence-electron chi connectivity index (χ3n) is 4.90. The fraction of sp³-hybridized carbons (Fsp3) is 0.136. The van der Waals surface area contributed by atoms with Crippen molar-refractivity contribution >= 4 is 17.4 Å². The minimum Gasteiger partial charge on any atom is -0.325 e. The van der Waals surface area contributed by atoms with Crippen molar-refractivity contribution in [2.24, 2.45) is 0 Å². The number of nitrogens with one attached hydrogen (secondary N) is 2. The molecule has 2 N–H and O–H groups in total. The maximum atomic E-state index is 13.3. The number of hydrogen-bond donors (Lipinski definition) is 2. The summed E-state index contributed by atoms with van der Waals surface area (Å²) >= 11 is 0. The summed E-state index contributed by atoms with van der Waals surface area (Å²) < 4.78 is 13.3. The van der Waals surface area contributed by atoms with Gasteiger partial charge in [-0.2, -0.15) is 0 Å². The zero-order valence-electron chi connectivity index (χ0n) is 14.9. The zero-order valence-corrected chi connectivity index (χ0v) is 14.9. The molecule has 1 aliphatic carbocycles. The maximum absolute atomic E-state index is 13.3. The van der Waals surface area contributed by atoms with Crippen LogP contribution in [-0.4, -0.2) is 16.7 Å². The van der Waals surface area contributed by atoms with Crippen LogP contribution in [0.3, 0.4) is 0 Å². The molecule has 5 nitrogen and oxygen atoms in total. The van der Waals surface area contributed by atoms with E-state index >= 15 is 0 Å². The minimum atomic E-state index is -0.687. The number of aromatic nitrogens is 1. The van der Waals surface area contributed by atoms with E-state index in [1.807, 2.05) is 30.3 Å². The summed E-state index contributed by atoms with van der Waals surface area (Å²) in [5.74, 6) is -1.32. The fourth-order valence-electron chi connectivity index (χ4n) is 3.53. The largest absolute Gasteiger partial charge is 0.325 e. The average molecular weight is 376 g/mol. The Morgan fingerprint density at radius 1 is 1.00 bits per heavy atom. The number of amides is 1. The van der Waals surface area contributed by atoms with Gasteiger partial charge in [-0.25, -0.2) is 4.39 Å². The molecule has 0 radical (unpaired) electrons. The SMILES string of the molecule is O=C1C[C@H](c2ccccc2)Cc2[nH]c(=O)c(C(=O)Nc3cccc(F)c3)cc21. The Morgan fingerprint density at radius 2 is 1.79 bits per heavy atom. The van der Waals surface area contributed by atoms with Gasteiger partial charge < -0.3 is 10.3 Å². The predicted octanol–water partition coefficient (Wildman–Crippen LogP) is 3.68. The Balaban J connectivity index is 1.63. The molecular weight excluding hydrogens is 359 g/mol. The van der Waals surface area contributed by atoms with Crippen LogP contribution in [-0.2, 0) is 6.42 Å². The minimum absolute atomic E-state index is 0.0104. The first kappa shape index (κ1) is 17.9. The van der Waals surface area contributed by atoms with Crippen molar-refractivity contribution in [3.8, 4) is 0 Å². The first-order valence-corrected chi connectivity index (χ1v) is 8.92. The Bertz CT molecular complexity index is 1120. The highest BCUT2D eigenvalue weighted by Crippen LogP contribution is 2.31. The molecule has 0 bridgehead atoms. The first-order chi connectivity index (χ1) is 13.5. The van der Waals surface area contributed by atoms with Gasteiger partial charge in [0.1, 0.15) is 11.4 Å². The molecule has 0 saturated heterocycles. The number of fused-ring (bicyclic) bond motifs is 1. The van der Waals surface area contributed by atoms with Gasteiger partial charge in [0.25, 0.3) is 11.5 Å². The van der Waals surface area contributed by atoms with E-state index in [0.717, 1.165) is 11.6 Å². The van der Waals surface area contributed by atoms with Crippen LogP contribution in [0.1, 0.15) is 44.3 Å². The molecule has 2 aromatic carbocycles. The number of halogens is 1. The molecule has 0 aliphatic heterocycles. The van der Waals surface area contributed by atoms with E-state index in [4.69, 9.17) is 0 Å². The molecule has 6 heteroatoms. The van der Waals surface area contributed by atoms with E-state index in [9.17, 15) is 18.8 Å². The van der Waals surface area contributed by atoms with Gasteiger partial charge in [-0.1, -0.05) is 36.4 Å². The summed E-state index contributed by atoms with van der Waals surface area (Å²) in [5.41, 5.74) is 1.42. The van der Waals surface area contributed by atoms with Crippen LogP contribution in [0.2, 0.25) is 0 Å². The van der Waals surface area contributed by atoms with Gasteiger partial charge in [-0.05, 0) is 42.2 Å². The molecule has 1 amide bonds. The normalized spacial score (nSPS) is 15.8. The molecule has 140 valence electrons. The Hall–Kier alpha value is -3.54. The molecule has 4 rings (SSSR count). The van der Waals surface area contributed by atoms with Gasteiger partial charge >= 0.3 is 0 Å². The van der Waals surface area contributed by atoms with Gasteiger partial charge in [0.15, 0.2) is 5.78 Å². The van der Waals surface area contributed by atoms with Crippen LogP contribution in [0.25, 0.3) is 0 Å². The van der Waals surface area contributed by atoms with Crippen LogP contribution in [0.5, 0.6) is 0 Å². The highest BCUT2D eigenvalue weighted by atomic mass is 19.1. The van der Waals surface area contributed by atoms with Gasteiger partial charge in [0, 0.05) is 23.4 Å². The monoisotopic (exact) mass is 376 g/mol. The number of ketones is 1. The van der Waals surface area contributed by atoms with E-state index in [1.54, 1.807) is 0 Å². The quantitative estimate of drug-likeness (QED) is 0.732. The second-order valence-corrected chi connectivity index (χ2v) is 6.81. The second kappa shape index (κ2) is 7.23. The van der Waals surface area contributed by atoms with Crippen LogP contribution >= 0.6 is 0 Å². The van der Waals surface area contributed by atoms with E-state index in [1.165, 1.54) is 24.3 Å². The Morgan fingerprint density at radius 3 is 2.54 bits per heavy atom. The summed E-state index contributed by atoms with van der Waals surface area (Å²) in [6.45, 7) is 0. The molecule has 1 heterocycles. The number of hydrogen-bond acceptors (Lipinski definition) is 3. The van der Waals surface area contributed by atoms with Crippen molar-refractivity contribution in [3.63, 3.8) is 0 Å². The van der Waals surface area contributed by atoms with Crippen molar-refractivity contribution in [3.05, 3.63) is 99.2 Å². The molecule has 0 spiro atoms. The molecule has 0 saturated carbocycles. The Kier molecular flexibility index (Phi) is 4.61. The highest BCUT2D eigenvalue weighted by molar-refractivity contribution is 6.06. The van der Waals surface area contributed by atoms with Crippen molar-refractivity contribution < 1.29 is 14.0 Å². The molecule has 1 aromatic heterocycles. The van der Waals surface area contributed by atoms with Crippen molar-refractivity contribution in [1.29, 1.82) is 0 Å². The maximum Gasteiger partial charge on any atom is 0.261 e. The first-order valence-electron chi connectivity index (χ1n) is 8.92. The summed E-state index contributed by atoms with van der Waals surface area (Å²) in [5, 5.41) is 2.49. The molecule has 0 unspecified atom stereocenters. The Labute approximate surface area is 160 Å². The lowest BCUT2D eigenvalue weighted by Crippen LogP contribution is -2.29. The topological polar surface area (TPSA) is 79.0 Å². The number of carbonyl (C=O) groups is 2. The third-order valence-corrected chi connectivity index (χ3v) is 4.90. The lowest BCUT2D eigenvalue weighted by molar-refractivity contribution is 0.0963. The van der Waals surface area contributed by atoms with Crippen LogP contribution in [0.15, 0.2) is 65.5 Å². The summed E-state index contributed by atoms with van der Waals surface area (Å²) in [7, 11) is 0. The molecule has 28 heavy (non-hydrogen) atoms. The van der Waals surface area contributed by atoms with Crippen molar-refractivity contribution in [2.45, 2.75) is 18.8 Å². The number of H-pyrrole nitrogens is 1. The smallest absolute Gasteiger partial charge is 0.261 e. The van der Waals surface area contributed by atoms with E-state index in [2.05, 4.69) is 10.3 Å². The number of aromatic amines is 1. The third kappa shape index (κ3) is 3.49. The zero-order chi connectivity index (χ0) is 19.7. The van der Waals surface area contributed by atoms with Crippen molar-refractivity contribution in [1.82, 2.24) is 4.98 Å². The predicted molar refractivity (Wildman–Crippen MR) is 103 cm³/mol. The lowest BCUT2D eigenvalue weighted by atomic mass is 9.81. The van der Waals surface area contributed by atoms with Gasteiger partial charge in [0.05, 0.1) is 0 Å². The number of pyridine rings is 1. The molecule has 3 aromatic rings. The molecule has 0 fully saturated rings. The summed E-state index contributed by atoms with van der Waals surface area (Å²) in [6, 6.07) is 16.4. The van der Waals surface area contributed by atoms with E-state index in [0.29, 0.717) is 24.1 Å². The number of carbonyl (C=O) groups excluding carboxylic acids is 2. The van der Waals surface area contributed by atoms with Gasteiger partial charge in [-0.15, -0.1) is 0 Å². The fourth-order valence-corrected chi connectivity index (χ4v) is 3.53. The molecule has 1 atom stereocenters. The van der Waals surface area contributed by atoms with E-state index in [-0.39, 0.29) is 23.0 Å². The van der Waals surface area contributed by atoms with Crippen molar-refractivity contribution in [2.75, 3.05) is 5.32 Å². The number of anilines is 1. The molecule has 1 aliphatic rings. The summed E-state index contributed by atoms with van der Waals surface area (Å²) in [4.78, 5) is 40.2. The second-order valence-electron chi connectivity index (χ2n) is 6.81. The van der Waals surface area contributed by atoms with Crippen LogP contribution in [0, 0.1) is 5.82 Å². The summed E-state index contributed by atoms with van der Waals surface area (Å²) in [6.07, 6.45) is 0.833. The van der Waals surface area contributed by atoms with E-state index < -0.39 is 17.3 Å². The van der Waals surface area contributed by atoms with Crippen LogP contribution < -0.4 is 10.9 Å².